The maximum Gasteiger partial charge on any atom is 0.0507 e. The van der Waals surface area contributed by atoms with Gasteiger partial charge in [0.15, 0.2) is 0 Å². The molecule has 0 radical (unpaired) electrons. The van der Waals surface area contributed by atoms with E-state index in [9.17, 15) is 0 Å². The number of nitrogens with zero attached hydrogens (tertiary/aromatic N) is 1. The van der Waals surface area contributed by atoms with E-state index in [1.807, 2.05) is 37.1 Å². The van der Waals surface area contributed by atoms with Crippen LogP contribution in [0, 0.1) is 12.0 Å². The molecule has 1 heteroatoms. The number of hydrogen-bond acceptors (Lipinski definition) is 1. The van der Waals surface area contributed by atoms with Crippen molar-refractivity contribution in [3.63, 3.8) is 0 Å². The van der Waals surface area contributed by atoms with Crippen LogP contribution in [0.2, 0.25) is 0 Å². The van der Waals surface area contributed by atoms with E-state index in [1.54, 1.807) is 0 Å². The molecule has 0 atom stereocenters. The molecule has 0 saturated carbocycles. The van der Waals surface area contributed by atoms with Gasteiger partial charge in [-0.05, 0) is 12.5 Å². The predicted molar refractivity (Wildman–Crippen MR) is 51.4 cm³/mol. The molecule has 0 aliphatic rings. The fourth-order valence-electron chi connectivity index (χ4n) is 1.09. The second kappa shape index (κ2) is 4.46. The van der Waals surface area contributed by atoms with Crippen LogP contribution >= 0.6 is 0 Å². The number of hydrogen-bond donors (Lipinski definition) is 0. The summed E-state index contributed by atoms with van der Waals surface area (Å²) in [5.74, 6) is 2.86. The van der Waals surface area contributed by atoms with Crippen molar-refractivity contribution in [3.8, 4) is 12.0 Å². The lowest BCUT2D eigenvalue weighted by atomic mass is 10.2. The fourth-order valence-corrected chi connectivity index (χ4v) is 1.09. The van der Waals surface area contributed by atoms with Crippen LogP contribution < -0.4 is 0 Å². The van der Waals surface area contributed by atoms with Gasteiger partial charge in [-0.25, -0.2) is 0 Å². The van der Waals surface area contributed by atoms with Gasteiger partial charge in [-0.3, -0.25) is 0 Å². The molecule has 62 valence electrons. The minimum absolute atomic E-state index is 0.891. The van der Waals surface area contributed by atoms with Crippen molar-refractivity contribution in [1.82, 2.24) is 4.90 Å². The van der Waals surface area contributed by atoms with Crippen molar-refractivity contribution in [1.29, 1.82) is 0 Å². The molecule has 12 heavy (non-hydrogen) atoms. The summed E-state index contributed by atoms with van der Waals surface area (Å²) < 4.78 is 0. The molecule has 0 unspecified atom stereocenters. The molecular formula is C11H13N. The summed E-state index contributed by atoms with van der Waals surface area (Å²) in [5, 5.41) is 0. The van der Waals surface area contributed by atoms with Gasteiger partial charge >= 0.3 is 0 Å². The van der Waals surface area contributed by atoms with Crippen molar-refractivity contribution >= 4 is 0 Å². The lowest BCUT2D eigenvalue weighted by Gasteiger charge is -2.09. The molecule has 0 aliphatic carbocycles. The molecule has 0 aliphatic heterocycles. The van der Waals surface area contributed by atoms with Gasteiger partial charge in [0.25, 0.3) is 0 Å². The van der Waals surface area contributed by atoms with Gasteiger partial charge < -0.3 is 4.90 Å². The molecule has 1 nitrogen and oxygen atoms in total. The van der Waals surface area contributed by atoms with Gasteiger partial charge in [0.1, 0.15) is 0 Å². The van der Waals surface area contributed by atoms with E-state index in [4.69, 9.17) is 0 Å². The Balaban J connectivity index is 2.56. The smallest absolute Gasteiger partial charge is 0.0507 e. The van der Waals surface area contributed by atoms with Crippen molar-refractivity contribution in [3.05, 3.63) is 35.9 Å². The minimum atomic E-state index is 0.891. The highest BCUT2D eigenvalue weighted by molar-refractivity contribution is 5.15. The van der Waals surface area contributed by atoms with Crippen molar-refractivity contribution in [2.75, 3.05) is 7.05 Å². The Labute approximate surface area is 74.0 Å². The summed E-state index contributed by atoms with van der Waals surface area (Å²) in [6.07, 6.45) is 0. The lowest BCUT2D eigenvalue weighted by Crippen LogP contribution is -2.10. The summed E-state index contributed by atoms with van der Waals surface area (Å²) in [7, 11) is 1.99. The van der Waals surface area contributed by atoms with E-state index in [-0.39, 0.29) is 0 Å². The number of benzene rings is 1. The van der Waals surface area contributed by atoms with E-state index < -0.39 is 0 Å². The molecule has 1 aromatic carbocycles. The summed E-state index contributed by atoms with van der Waals surface area (Å²) in [6.45, 7) is 2.74. The van der Waals surface area contributed by atoms with Crippen LogP contribution in [0.4, 0.5) is 0 Å². The maximum atomic E-state index is 2.98. The Bertz CT molecular complexity index is 279. The highest BCUT2D eigenvalue weighted by Crippen LogP contribution is 2.00. The first-order chi connectivity index (χ1) is 5.83. The zero-order valence-corrected chi connectivity index (χ0v) is 7.54. The molecule has 0 amide bonds. The first kappa shape index (κ1) is 8.67. The summed E-state index contributed by atoms with van der Waals surface area (Å²) in [5.41, 5.74) is 1.29. The molecule has 0 spiro atoms. The monoisotopic (exact) mass is 159 g/mol. The molecule has 1 aromatic rings. The topological polar surface area (TPSA) is 3.24 Å². The molecule has 0 heterocycles. The van der Waals surface area contributed by atoms with Crippen LogP contribution in [0.5, 0.6) is 0 Å². The third-order valence-electron chi connectivity index (χ3n) is 1.57. The van der Waals surface area contributed by atoms with Crippen molar-refractivity contribution in [2.24, 2.45) is 0 Å². The third-order valence-corrected chi connectivity index (χ3v) is 1.57. The Kier molecular flexibility index (Phi) is 3.22. The summed E-state index contributed by atoms with van der Waals surface area (Å²) >= 11 is 0. The van der Waals surface area contributed by atoms with Crippen LogP contribution in [-0.2, 0) is 6.54 Å². The zero-order chi connectivity index (χ0) is 8.81. The number of rotatable bonds is 2. The van der Waals surface area contributed by atoms with Crippen LogP contribution in [0.15, 0.2) is 30.3 Å². The lowest BCUT2D eigenvalue weighted by molar-refractivity contribution is 0.478. The zero-order valence-electron chi connectivity index (χ0n) is 7.54. The van der Waals surface area contributed by atoms with E-state index in [0.717, 1.165) is 6.54 Å². The molecule has 0 fully saturated rings. The average Bonchev–Trinajstić information content (AvgIpc) is 2.06. The Morgan fingerprint density at radius 1 is 1.25 bits per heavy atom. The molecule has 0 bridgehead atoms. The van der Waals surface area contributed by atoms with E-state index >= 15 is 0 Å². The average molecular weight is 159 g/mol. The van der Waals surface area contributed by atoms with E-state index in [1.165, 1.54) is 5.56 Å². The SMILES string of the molecule is CC#CN(C)Cc1ccccc1. The Morgan fingerprint density at radius 3 is 2.50 bits per heavy atom. The van der Waals surface area contributed by atoms with Gasteiger partial charge in [-0.2, -0.15) is 0 Å². The highest BCUT2D eigenvalue weighted by atomic mass is 15.1. The predicted octanol–water partition coefficient (Wildman–Crippen LogP) is 2.10. The van der Waals surface area contributed by atoms with Crippen molar-refractivity contribution < 1.29 is 0 Å². The van der Waals surface area contributed by atoms with Crippen LogP contribution in [-0.4, -0.2) is 11.9 Å². The van der Waals surface area contributed by atoms with E-state index in [0.29, 0.717) is 0 Å². The standard InChI is InChI=1S/C11H13N/c1-3-9-12(2)10-11-7-5-4-6-8-11/h4-8H,10H2,1-2H3. The van der Waals surface area contributed by atoms with Gasteiger partial charge in [0.2, 0.25) is 0 Å². The first-order valence-electron chi connectivity index (χ1n) is 4.00. The Hall–Kier alpha value is -1.42. The normalized spacial score (nSPS) is 8.50. The highest BCUT2D eigenvalue weighted by Gasteiger charge is 1.92. The van der Waals surface area contributed by atoms with Crippen LogP contribution in [0.1, 0.15) is 12.5 Å². The second-order valence-electron chi connectivity index (χ2n) is 2.70. The van der Waals surface area contributed by atoms with Crippen LogP contribution in [0.25, 0.3) is 0 Å². The van der Waals surface area contributed by atoms with Crippen molar-refractivity contribution in [2.45, 2.75) is 13.5 Å². The van der Waals surface area contributed by atoms with Gasteiger partial charge in [0, 0.05) is 13.1 Å². The molecule has 0 aromatic heterocycles. The molecule has 1 rings (SSSR count). The first-order valence-corrected chi connectivity index (χ1v) is 4.00. The largest absolute Gasteiger partial charge is 0.331 e. The van der Waals surface area contributed by atoms with Gasteiger partial charge in [0.05, 0.1) is 6.54 Å². The summed E-state index contributed by atoms with van der Waals surface area (Å²) in [6, 6.07) is 13.3. The molecular weight excluding hydrogens is 146 g/mol. The second-order valence-corrected chi connectivity index (χ2v) is 2.70. The quantitative estimate of drug-likeness (QED) is 0.472. The van der Waals surface area contributed by atoms with E-state index in [2.05, 4.69) is 24.1 Å². The molecule has 0 saturated heterocycles. The molecule has 0 N–H and O–H groups in total. The third kappa shape index (κ3) is 2.67. The maximum absolute atomic E-state index is 2.98. The fraction of sp³-hybridized carbons (Fsp3) is 0.273. The summed E-state index contributed by atoms with van der Waals surface area (Å²) in [4.78, 5) is 1.98. The Morgan fingerprint density at radius 2 is 1.92 bits per heavy atom. The van der Waals surface area contributed by atoms with Gasteiger partial charge in [-0.15, -0.1) is 0 Å². The van der Waals surface area contributed by atoms with Gasteiger partial charge in [-0.1, -0.05) is 36.3 Å². The minimum Gasteiger partial charge on any atom is -0.331 e. The van der Waals surface area contributed by atoms with Crippen LogP contribution in [0.3, 0.4) is 0 Å².